The average Bonchev–Trinajstić information content (AvgIpc) is 2.68. The van der Waals surface area contributed by atoms with Gasteiger partial charge in [0.1, 0.15) is 17.7 Å². The highest BCUT2D eigenvalue weighted by molar-refractivity contribution is 5.92. The topological polar surface area (TPSA) is 131 Å². The minimum Gasteiger partial charge on any atom is -0.444 e. The Hall–Kier alpha value is -3.10. The summed E-state index contributed by atoms with van der Waals surface area (Å²) in [7, 11) is 0. The summed E-state index contributed by atoms with van der Waals surface area (Å²) in [4.78, 5) is 53.1. The Morgan fingerprint density at radius 1 is 1.09 bits per heavy atom. The molecule has 4 N–H and O–H groups in total. The highest BCUT2D eigenvalue weighted by Crippen LogP contribution is 2.34. The van der Waals surface area contributed by atoms with Gasteiger partial charge >= 0.3 is 6.09 Å². The van der Waals surface area contributed by atoms with Crippen LogP contribution in [0.3, 0.4) is 0 Å². The van der Waals surface area contributed by atoms with Crippen LogP contribution in [0.15, 0.2) is 24.3 Å². The molecule has 2 atom stereocenters. The molecule has 2 rings (SSSR count). The second kappa shape index (κ2) is 12.0. The number of amides is 4. The number of nitrogens with one attached hydrogen (secondary N) is 2. The third kappa shape index (κ3) is 8.56. The maximum absolute atomic E-state index is 14.0. The number of carbonyl (C=O) groups is 4. The number of nitrogens with two attached hydrogens (primary N) is 1. The number of ether oxygens (including phenoxy) is 1. The summed E-state index contributed by atoms with van der Waals surface area (Å²) in [5.41, 5.74) is 6.29. The summed E-state index contributed by atoms with van der Waals surface area (Å²) in [6, 6.07) is 5.25. The predicted octanol–water partition coefficient (Wildman–Crippen LogP) is 3.10. The number of rotatable bonds is 10. The van der Waals surface area contributed by atoms with E-state index in [1.807, 2.05) is 45.0 Å². The standard InChI is InChI=1S/C26H40N4O5/c1-16(2)28-23(32)22(18-12-10-17(3)11-13-18)30(19-8-7-9-19)24(33)20(14-15-21(27)31)29-25(34)35-26(4,5)6/h10-13,16,19-20,22H,7-9,14-15H2,1-6H3,(H2,27,31)(H,28,32)(H,29,34). The molecular weight excluding hydrogens is 448 g/mol. The molecule has 4 amide bonds. The maximum Gasteiger partial charge on any atom is 0.408 e. The highest BCUT2D eigenvalue weighted by atomic mass is 16.6. The van der Waals surface area contributed by atoms with E-state index in [4.69, 9.17) is 10.5 Å². The third-order valence-corrected chi connectivity index (χ3v) is 5.74. The monoisotopic (exact) mass is 488 g/mol. The molecule has 194 valence electrons. The Kier molecular flexibility index (Phi) is 9.68. The number of alkyl carbamates (subject to hydrolysis) is 1. The molecule has 0 radical (unpaired) electrons. The number of benzene rings is 1. The molecule has 0 saturated heterocycles. The quantitative estimate of drug-likeness (QED) is 0.466. The van der Waals surface area contributed by atoms with Crippen LogP contribution in [0, 0.1) is 6.92 Å². The lowest BCUT2D eigenvalue weighted by molar-refractivity contribution is -0.147. The van der Waals surface area contributed by atoms with Crippen molar-refractivity contribution >= 4 is 23.8 Å². The molecule has 0 aromatic heterocycles. The van der Waals surface area contributed by atoms with Gasteiger partial charge in [0.05, 0.1) is 0 Å². The Morgan fingerprint density at radius 2 is 1.69 bits per heavy atom. The fourth-order valence-corrected chi connectivity index (χ4v) is 3.91. The minimum absolute atomic E-state index is 0.00302. The van der Waals surface area contributed by atoms with Crippen LogP contribution in [0.5, 0.6) is 0 Å². The van der Waals surface area contributed by atoms with E-state index in [-0.39, 0.29) is 30.8 Å². The summed E-state index contributed by atoms with van der Waals surface area (Å²) in [6.45, 7) is 10.8. The SMILES string of the molecule is Cc1ccc(C(C(=O)NC(C)C)N(C(=O)C(CCC(N)=O)NC(=O)OC(C)(C)C)C2CCC2)cc1. The first-order valence-corrected chi connectivity index (χ1v) is 12.3. The number of aryl methyl sites for hydroxylation is 1. The van der Waals surface area contributed by atoms with Gasteiger partial charge in [-0.3, -0.25) is 14.4 Å². The van der Waals surface area contributed by atoms with Crippen LogP contribution >= 0.6 is 0 Å². The second-order valence-electron chi connectivity index (χ2n) is 10.5. The Bertz CT molecular complexity index is 903. The van der Waals surface area contributed by atoms with Gasteiger partial charge in [-0.05, 0) is 72.8 Å². The van der Waals surface area contributed by atoms with Gasteiger partial charge in [-0.2, -0.15) is 0 Å². The predicted molar refractivity (Wildman–Crippen MR) is 133 cm³/mol. The van der Waals surface area contributed by atoms with Crippen molar-refractivity contribution < 1.29 is 23.9 Å². The van der Waals surface area contributed by atoms with Gasteiger partial charge in [0.15, 0.2) is 0 Å². The van der Waals surface area contributed by atoms with Gasteiger partial charge in [0.2, 0.25) is 17.7 Å². The van der Waals surface area contributed by atoms with E-state index in [2.05, 4.69) is 10.6 Å². The number of hydrogen-bond acceptors (Lipinski definition) is 5. The van der Waals surface area contributed by atoms with Crippen LogP contribution in [0.4, 0.5) is 4.79 Å². The van der Waals surface area contributed by atoms with Crippen molar-refractivity contribution in [2.75, 3.05) is 0 Å². The zero-order valence-electron chi connectivity index (χ0n) is 21.7. The maximum atomic E-state index is 14.0. The molecule has 9 heteroatoms. The largest absolute Gasteiger partial charge is 0.444 e. The van der Waals surface area contributed by atoms with E-state index < -0.39 is 35.6 Å². The minimum atomic E-state index is -1.07. The number of hydrogen-bond donors (Lipinski definition) is 3. The lowest BCUT2D eigenvalue weighted by Crippen LogP contribution is -2.58. The highest BCUT2D eigenvalue weighted by Gasteiger charge is 2.42. The number of carbonyl (C=O) groups excluding carboxylic acids is 4. The van der Waals surface area contributed by atoms with Gasteiger partial charge in [-0.1, -0.05) is 29.8 Å². The normalized spacial score (nSPS) is 15.5. The number of primary amides is 1. The van der Waals surface area contributed by atoms with Crippen LogP contribution in [-0.4, -0.2) is 52.4 Å². The van der Waals surface area contributed by atoms with Gasteiger partial charge < -0.3 is 26.0 Å². The molecule has 0 bridgehead atoms. The van der Waals surface area contributed by atoms with Crippen molar-refractivity contribution in [3.05, 3.63) is 35.4 Å². The van der Waals surface area contributed by atoms with E-state index in [1.54, 1.807) is 25.7 Å². The molecule has 35 heavy (non-hydrogen) atoms. The lowest BCUT2D eigenvalue weighted by atomic mass is 9.87. The molecule has 0 heterocycles. The van der Waals surface area contributed by atoms with Crippen molar-refractivity contribution in [2.45, 2.75) is 103 Å². The molecule has 1 saturated carbocycles. The van der Waals surface area contributed by atoms with E-state index in [9.17, 15) is 19.2 Å². The molecule has 1 aromatic carbocycles. The smallest absolute Gasteiger partial charge is 0.408 e. The Labute approximate surface area is 208 Å². The van der Waals surface area contributed by atoms with Crippen molar-refractivity contribution in [1.82, 2.24) is 15.5 Å². The van der Waals surface area contributed by atoms with E-state index in [0.717, 1.165) is 24.8 Å². The van der Waals surface area contributed by atoms with Crippen molar-refractivity contribution in [2.24, 2.45) is 5.73 Å². The van der Waals surface area contributed by atoms with Crippen molar-refractivity contribution in [3.63, 3.8) is 0 Å². The fraction of sp³-hybridized carbons (Fsp3) is 0.615. The summed E-state index contributed by atoms with van der Waals surface area (Å²) < 4.78 is 5.35. The average molecular weight is 489 g/mol. The molecule has 1 aliphatic carbocycles. The molecule has 0 aliphatic heterocycles. The Balaban J connectivity index is 2.46. The summed E-state index contributed by atoms with van der Waals surface area (Å²) in [5.74, 6) is -1.32. The molecule has 0 spiro atoms. The van der Waals surface area contributed by atoms with E-state index in [1.165, 1.54) is 0 Å². The number of nitrogens with zero attached hydrogens (tertiary/aromatic N) is 1. The van der Waals surface area contributed by atoms with Crippen LogP contribution in [-0.2, 0) is 19.1 Å². The zero-order valence-corrected chi connectivity index (χ0v) is 21.7. The van der Waals surface area contributed by atoms with Gasteiger partial charge in [0.25, 0.3) is 0 Å². The van der Waals surface area contributed by atoms with Crippen LogP contribution in [0.2, 0.25) is 0 Å². The second-order valence-corrected chi connectivity index (χ2v) is 10.5. The fourth-order valence-electron chi connectivity index (χ4n) is 3.91. The third-order valence-electron chi connectivity index (χ3n) is 5.74. The first-order chi connectivity index (χ1) is 16.3. The summed E-state index contributed by atoms with van der Waals surface area (Å²) >= 11 is 0. The molecule has 2 unspecified atom stereocenters. The molecule has 1 aliphatic rings. The summed E-state index contributed by atoms with van der Waals surface area (Å²) in [6.07, 6.45) is 1.57. The lowest BCUT2D eigenvalue weighted by Gasteiger charge is -2.43. The molecular formula is C26H40N4O5. The van der Waals surface area contributed by atoms with Gasteiger partial charge in [0, 0.05) is 18.5 Å². The molecule has 1 fully saturated rings. The molecule has 1 aromatic rings. The first-order valence-electron chi connectivity index (χ1n) is 12.3. The Morgan fingerprint density at radius 3 is 2.14 bits per heavy atom. The summed E-state index contributed by atoms with van der Waals surface area (Å²) in [5, 5.41) is 5.55. The zero-order chi connectivity index (χ0) is 26.3. The molecule has 9 nitrogen and oxygen atoms in total. The van der Waals surface area contributed by atoms with Crippen LogP contribution in [0.1, 0.15) is 83.9 Å². The van der Waals surface area contributed by atoms with E-state index >= 15 is 0 Å². The van der Waals surface area contributed by atoms with E-state index in [0.29, 0.717) is 5.56 Å². The van der Waals surface area contributed by atoms with Crippen LogP contribution < -0.4 is 16.4 Å². The van der Waals surface area contributed by atoms with Crippen molar-refractivity contribution in [1.29, 1.82) is 0 Å². The van der Waals surface area contributed by atoms with Gasteiger partial charge in [-0.15, -0.1) is 0 Å². The van der Waals surface area contributed by atoms with Crippen molar-refractivity contribution in [3.8, 4) is 0 Å². The first kappa shape index (κ1) is 28.1. The van der Waals surface area contributed by atoms with Gasteiger partial charge in [-0.25, -0.2) is 4.79 Å². The van der Waals surface area contributed by atoms with Crippen LogP contribution in [0.25, 0.3) is 0 Å².